The van der Waals surface area contributed by atoms with Crippen LogP contribution in [0.2, 0.25) is 0 Å². The molecular formula is C20H19N3O3. The molecule has 0 unspecified atom stereocenters. The van der Waals surface area contributed by atoms with Gasteiger partial charge in [0.05, 0.1) is 5.92 Å². The van der Waals surface area contributed by atoms with Gasteiger partial charge in [0.25, 0.3) is 11.8 Å². The van der Waals surface area contributed by atoms with Crippen LogP contribution < -0.4 is 11.1 Å². The molecule has 3 N–H and O–H groups in total. The minimum atomic E-state index is -1.18. The molecule has 0 bridgehead atoms. The van der Waals surface area contributed by atoms with Crippen LogP contribution in [0, 0.1) is 5.92 Å². The number of para-hydroxylation sites is 1. The Morgan fingerprint density at radius 1 is 1.12 bits per heavy atom. The number of nitrogens with one attached hydrogen (secondary N) is 1. The van der Waals surface area contributed by atoms with Crippen molar-refractivity contribution in [1.29, 1.82) is 0 Å². The van der Waals surface area contributed by atoms with E-state index < -0.39 is 23.3 Å². The zero-order valence-corrected chi connectivity index (χ0v) is 14.3. The Labute approximate surface area is 151 Å². The van der Waals surface area contributed by atoms with E-state index in [1.165, 1.54) is 4.90 Å². The SMILES string of the molecule is C[C@@]12C(=O)Nc3ccccc3[C@@H]1[C@@H](C(N)=O)CN2C(=O)c1ccccc1. The highest BCUT2D eigenvalue weighted by Gasteiger charge is 2.61. The van der Waals surface area contributed by atoms with Gasteiger partial charge < -0.3 is 16.0 Å². The molecule has 4 rings (SSSR count). The van der Waals surface area contributed by atoms with Crippen LogP contribution in [-0.2, 0) is 9.59 Å². The lowest BCUT2D eigenvalue weighted by Gasteiger charge is -2.42. The molecule has 2 heterocycles. The van der Waals surface area contributed by atoms with Crippen molar-refractivity contribution in [2.75, 3.05) is 11.9 Å². The molecule has 0 radical (unpaired) electrons. The summed E-state index contributed by atoms with van der Waals surface area (Å²) in [5.41, 5.74) is 6.46. The zero-order valence-electron chi connectivity index (χ0n) is 14.3. The zero-order chi connectivity index (χ0) is 18.5. The van der Waals surface area contributed by atoms with Gasteiger partial charge in [-0.3, -0.25) is 14.4 Å². The van der Waals surface area contributed by atoms with E-state index in [-0.39, 0.29) is 18.4 Å². The van der Waals surface area contributed by atoms with Gasteiger partial charge in [0.1, 0.15) is 5.54 Å². The van der Waals surface area contributed by atoms with E-state index in [0.717, 1.165) is 5.56 Å². The van der Waals surface area contributed by atoms with E-state index in [0.29, 0.717) is 11.3 Å². The number of anilines is 1. The largest absolute Gasteiger partial charge is 0.369 e. The summed E-state index contributed by atoms with van der Waals surface area (Å²) in [7, 11) is 0. The fraction of sp³-hybridized carbons (Fsp3) is 0.250. The molecule has 0 saturated carbocycles. The number of primary amides is 1. The molecule has 6 heteroatoms. The van der Waals surface area contributed by atoms with Crippen LogP contribution >= 0.6 is 0 Å². The second kappa shape index (κ2) is 5.69. The fourth-order valence-electron chi connectivity index (χ4n) is 4.25. The number of nitrogens with two attached hydrogens (primary N) is 1. The molecule has 26 heavy (non-hydrogen) atoms. The summed E-state index contributed by atoms with van der Waals surface area (Å²) in [6, 6.07) is 16.1. The number of rotatable bonds is 2. The predicted molar refractivity (Wildman–Crippen MR) is 96.4 cm³/mol. The second-order valence-corrected chi connectivity index (χ2v) is 6.96. The van der Waals surface area contributed by atoms with E-state index >= 15 is 0 Å². The maximum absolute atomic E-state index is 13.1. The summed E-state index contributed by atoms with van der Waals surface area (Å²) in [4.78, 5) is 39.8. The topological polar surface area (TPSA) is 92.5 Å². The van der Waals surface area contributed by atoms with Crippen LogP contribution in [0.15, 0.2) is 54.6 Å². The normalized spacial score (nSPS) is 26.7. The Balaban J connectivity index is 1.86. The fourth-order valence-corrected chi connectivity index (χ4v) is 4.25. The number of benzene rings is 2. The number of hydrogen-bond acceptors (Lipinski definition) is 3. The van der Waals surface area contributed by atoms with Crippen LogP contribution in [0.25, 0.3) is 0 Å². The third-order valence-corrected chi connectivity index (χ3v) is 5.58. The molecule has 6 nitrogen and oxygen atoms in total. The molecule has 2 aromatic rings. The minimum absolute atomic E-state index is 0.117. The maximum atomic E-state index is 13.1. The van der Waals surface area contributed by atoms with Gasteiger partial charge in [-0.1, -0.05) is 36.4 Å². The summed E-state index contributed by atoms with van der Waals surface area (Å²) in [5.74, 6) is -2.18. The highest BCUT2D eigenvalue weighted by molar-refractivity contribution is 6.08. The first-order valence-corrected chi connectivity index (χ1v) is 8.51. The standard InChI is InChI=1S/C20H19N3O3/c1-20-16(13-9-5-6-10-15(13)22-19(20)26)14(17(21)24)11-23(20)18(25)12-7-3-2-4-8-12/h2-10,14,16H,11H2,1H3,(H2,21,24)(H,22,26)/t14-,16+,20-/m0/s1. The van der Waals surface area contributed by atoms with Crippen molar-refractivity contribution in [1.82, 2.24) is 4.90 Å². The number of carbonyl (C=O) groups excluding carboxylic acids is 3. The third kappa shape index (κ3) is 2.15. The molecule has 2 aliphatic heterocycles. The molecule has 2 aromatic carbocycles. The van der Waals surface area contributed by atoms with Crippen LogP contribution in [0.3, 0.4) is 0 Å². The smallest absolute Gasteiger partial charge is 0.254 e. The summed E-state index contributed by atoms with van der Waals surface area (Å²) in [6.45, 7) is 1.83. The second-order valence-electron chi connectivity index (χ2n) is 6.96. The molecule has 132 valence electrons. The Kier molecular flexibility index (Phi) is 3.57. The van der Waals surface area contributed by atoms with Gasteiger partial charge in [-0.2, -0.15) is 0 Å². The third-order valence-electron chi connectivity index (χ3n) is 5.58. The van der Waals surface area contributed by atoms with Gasteiger partial charge in [0, 0.05) is 23.7 Å². The number of likely N-dealkylation sites (tertiary alicyclic amines) is 1. The minimum Gasteiger partial charge on any atom is -0.369 e. The van der Waals surface area contributed by atoms with Gasteiger partial charge in [-0.25, -0.2) is 0 Å². The number of amides is 3. The Morgan fingerprint density at radius 2 is 1.77 bits per heavy atom. The van der Waals surface area contributed by atoms with E-state index in [2.05, 4.69) is 5.32 Å². The molecule has 1 fully saturated rings. The Bertz CT molecular complexity index is 912. The summed E-state index contributed by atoms with van der Waals surface area (Å²) in [5, 5.41) is 2.88. The molecule has 0 spiro atoms. The van der Waals surface area contributed by atoms with E-state index in [4.69, 9.17) is 5.73 Å². The molecular weight excluding hydrogens is 330 g/mol. The van der Waals surface area contributed by atoms with E-state index in [9.17, 15) is 14.4 Å². The summed E-state index contributed by atoms with van der Waals surface area (Å²) >= 11 is 0. The lowest BCUT2D eigenvalue weighted by molar-refractivity contribution is -0.126. The number of hydrogen-bond donors (Lipinski definition) is 2. The first-order chi connectivity index (χ1) is 12.4. The summed E-state index contributed by atoms with van der Waals surface area (Å²) < 4.78 is 0. The van der Waals surface area contributed by atoms with Crippen LogP contribution in [0.5, 0.6) is 0 Å². The van der Waals surface area contributed by atoms with Gasteiger partial charge in [0.2, 0.25) is 5.91 Å². The van der Waals surface area contributed by atoms with Crippen molar-refractivity contribution in [3.63, 3.8) is 0 Å². The number of nitrogens with zero attached hydrogens (tertiary/aromatic N) is 1. The van der Waals surface area contributed by atoms with E-state index in [1.54, 1.807) is 37.3 Å². The lowest BCUT2D eigenvalue weighted by Crippen LogP contribution is -2.58. The highest BCUT2D eigenvalue weighted by Crippen LogP contribution is 2.51. The summed E-state index contributed by atoms with van der Waals surface area (Å²) in [6.07, 6.45) is 0. The van der Waals surface area contributed by atoms with Gasteiger partial charge in [-0.15, -0.1) is 0 Å². The lowest BCUT2D eigenvalue weighted by atomic mass is 9.72. The first-order valence-electron chi connectivity index (χ1n) is 8.51. The van der Waals surface area contributed by atoms with Gasteiger partial charge >= 0.3 is 0 Å². The van der Waals surface area contributed by atoms with Crippen molar-refractivity contribution in [2.45, 2.75) is 18.4 Å². The molecule has 3 atom stereocenters. The molecule has 3 amide bonds. The molecule has 2 aliphatic rings. The highest BCUT2D eigenvalue weighted by atomic mass is 16.2. The number of carbonyl (C=O) groups is 3. The van der Waals surface area contributed by atoms with Crippen molar-refractivity contribution in [3.05, 3.63) is 65.7 Å². The Hall–Kier alpha value is -3.15. The monoisotopic (exact) mass is 349 g/mol. The molecule has 0 aromatic heterocycles. The van der Waals surface area contributed by atoms with Crippen LogP contribution in [0.1, 0.15) is 28.8 Å². The van der Waals surface area contributed by atoms with Crippen molar-refractivity contribution in [3.8, 4) is 0 Å². The average Bonchev–Trinajstić information content (AvgIpc) is 2.97. The first kappa shape index (κ1) is 16.3. The van der Waals surface area contributed by atoms with Crippen LogP contribution in [0.4, 0.5) is 5.69 Å². The number of fused-ring (bicyclic) bond motifs is 3. The van der Waals surface area contributed by atoms with Crippen molar-refractivity contribution in [2.24, 2.45) is 11.7 Å². The van der Waals surface area contributed by atoms with Gasteiger partial charge in [0.15, 0.2) is 0 Å². The van der Waals surface area contributed by atoms with Crippen LogP contribution in [-0.4, -0.2) is 34.7 Å². The van der Waals surface area contributed by atoms with Gasteiger partial charge in [-0.05, 0) is 30.7 Å². The van der Waals surface area contributed by atoms with Crippen molar-refractivity contribution < 1.29 is 14.4 Å². The predicted octanol–water partition coefficient (Wildman–Crippen LogP) is 1.74. The Morgan fingerprint density at radius 3 is 2.46 bits per heavy atom. The maximum Gasteiger partial charge on any atom is 0.254 e. The molecule has 0 aliphatic carbocycles. The quantitative estimate of drug-likeness (QED) is 0.865. The van der Waals surface area contributed by atoms with Crippen molar-refractivity contribution >= 4 is 23.4 Å². The average molecular weight is 349 g/mol. The van der Waals surface area contributed by atoms with E-state index in [1.807, 2.05) is 24.3 Å². The molecule has 1 saturated heterocycles.